The first-order chi connectivity index (χ1) is 13.0. The van der Waals surface area contributed by atoms with Crippen LogP contribution in [-0.4, -0.2) is 31.0 Å². The first kappa shape index (κ1) is 18.9. The number of carbonyl (C=O) groups excluding carboxylic acids is 1. The zero-order valence-electron chi connectivity index (χ0n) is 16.3. The minimum absolute atomic E-state index is 0.0283. The van der Waals surface area contributed by atoms with E-state index in [4.69, 9.17) is 4.74 Å². The fourth-order valence-corrected chi connectivity index (χ4v) is 3.15. The first-order valence-corrected chi connectivity index (χ1v) is 9.11. The molecule has 0 aromatic heterocycles. The number of nitrogens with zero attached hydrogens (tertiary/aromatic N) is 1. The van der Waals surface area contributed by atoms with Gasteiger partial charge >= 0.3 is 0 Å². The molecule has 0 aliphatic heterocycles. The predicted molar refractivity (Wildman–Crippen MR) is 111 cm³/mol. The zero-order chi connectivity index (χ0) is 19.4. The van der Waals surface area contributed by atoms with Crippen LogP contribution in [0.1, 0.15) is 18.1 Å². The average Bonchev–Trinajstić information content (AvgIpc) is 2.67. The van der Waals surface area contributed by atoms with E-state index in [9.17, 15) is 4.79 Å². The highest BCUT2D eigenvalue weighted by Crippen LogP contribution is 2.22. The quantitative estimate of drug-likeness (QED) is 0.696. The van der Waals surface area contributed by atoms with E-state index in [1.54, 1.807) is 7.11 Å². The van der Waals surface area contributed by atoms with Gasteiger partial charge in [-0.15, -0.1) is 0 Å². The smallest absolute Gasteiger partial charge is 0.241 e. The average molecular weight is 362 g/mol. The van der Waals surface area contributed by atoms with Gasteiger partial charge in [0.25, 0.3) is 0 Å². The number of rotatable bonds is 6. The lowest BCUT2D eigenvalue weighted by Gasteiger charge is -2.25. The third-order valence-corrected chi connectivity index (χ3v) is 4.91. The van der Waals surface area contributed by atoms with Gasteiger partial charge in [-0.25, -0.2) is 0 Å². The summed E-state index contributed by atoms with van der Waals surface area (Å²) >= 11 is 0. The lowest BCUT2D eigenvalue weighted by Crippen LogP contribution is -2.39. The van der Waals surface area contributed by atoms with Crippen molar-refractivity contribution in [2.45, 2.75) is 26.4 Å². The van der Waals surface area contributed by atoms with Crippen LogP contribution in [0.25, 0.3) is 10.8 Å². The maximum atomic E-state index is 12.7. The van der Waals surface area contributed by atoms with E-state index >= 15 is 0 Å². The molecule has 0 unspecified atom stereocenters. The van der Waals surface area contributed by atoms with Crippen LogP contribution >= 0.6 is 0 Å². The number of hydrogen-bond donors (Lipinski definition) is 1. The zero-order valence-corrected chi connectivity index (χ0v) is 16.3. The van der Waals surface area contributed by atoms with Crippen LogP contribution < -0.4 is 10.1 Å². The van der Waals surface area contributed by atoms with Gasteiger partial charge in [0.2, 0.25) is 5.91 Å². The fraction of sp³-hybridized carbons (Fsp3) is 0.261. The highest BCUT2D eigenvalue weighted by atomic mass is 16.5. The Morgan fingerprint density at radius 1 is 1.07 bits per heavy atom. The van der Waals surface area contributed by atoms with Gasteiger partial charge in [-0.3, -0.25) is 9.69 Å². The molecular formula is C23H26N2O2. The topological polar surface area (TPSA) is 41.6 Å². The molecular weight excluding hydrogens is 336 g/mol. The fourth-order valence-electron chi connectivity index (χ4n) is 3.15. The lowest BCUT2D eigenvalue weighted by atomic mass is 10.1. The van der Waals surface area contributed by atoms with Gasteiger partial charge in [-0.05, 0) is 49.9 Å². The minimum Gasteiger partial charge on any atom is -0.496 e. The molecule has 0 saturated heterocycles. The molecule has 0 radical (unpaired) electrons. The summed E-state index contributed by atoms with van der Waals surface area (Å²) in [5.74, 6) is 0.814. The molecule has 0 bridgehead atoms. The maximum absolute atomic E-state index is 12.7. The molecule has 0 heterocycles. The van der Waals surface area contributed by atoms with E-state index < -0.39 is 0 Å². The van der Waals surface area contributed by atoms with Crippen LogP contribution in [0.2, 0.25) is 0 Å². The van der Waals surface area contributed by atoms with Gasteiger partial charge in [-0.2, -0.15) is 0 Å². The van der Waals surface area contributed by atoms with E-state index in [1.165, 1.54) is 5.56 Å². The Labute approximate surface area is 160 Å². The molecule has 4 heteroatoms. The Morgan fingerprint density at radius 3 is 2.56 bits per heavy atom. The van der Waals surface area contributed by atoms with Gasteiger partial charge in [-0.1, -0.05) is 48.0 Å². The molecule has 0 aliphatic rings. The van der Waals surface area contributed by atoms with Crippen molar-refractivity contribution < 1.29 is 9.53 Å². The highest BCUT2D eigenvalue weighted by molar-refractivity contribution is 5.97. The van der Waals surface area contributed by atoms with Crippen molar-refractivity contribution in [2.24, 2.45) is 0 Å². The number of aryl methyl sites for hydroxylation is 1. The second-order valence-corrected chi connectivity index (χ2v) is 6.96. The SMILES string of the molecule is COc1ccc(C)cc1CN(C)[C@H](C)C(=O)Nc1ccc2ccccc2c1. The molecule has 3 rings (SSSR count). The largest absolute Gasteiger partial charge is 0.496 e. The van der Waals surface area contributed by atoms with Crippen LogP contribution in [0.3, 0.4) is 0 Å². The number of carbonyl (C=O) groups is 1. The van der Waals surface area contributed by atoms with Crippen LogP contribution in [0.15, 0.2) is 60.7 Å². The number of nitrogens with one attached hydrogen (secondary N) is 1. The van der Waals surface area contributed by atoms with Crippen molar-refractivity contribution in [3.05, 3.63) is 71.8 Å². The number of anilines is 1. The van der Waals surface area contributed by atoms with Crippen LogP contribution in [-0.2, 0) is 11.3 Å². The highest BCUT2D eigenvalue weighted by Gasteiger charge is 2.19. The molecule has 140 valence electrons. The van der Waals surface area contributed by atoms with Crippen molar-refractivity contribution in [1.29, 1.82) is 0 Å². The van der Waals surface area contributed by atoms with E-state index in [0.717, 1.165) is 27.8 Å². The normalized spacial score (nSPS) is 12.2. The summed E-state index contributed by atoms with van der Waals surface area (Å²) in [6, 6.07) is 19.9. The Morgan fingerprint density at radius 2 is 1.81 bits per heavy atom. The summed E-state index contributed by atoms with van der Waals surface area (Å²) in [6.07, 6.45) is 0. The molecule has 27 heavy (non-hydrogen) atoms. The van der Waals surface area contributed by atoms with E-state index in [-0.39, 0.29) is 11.9 Å². The number of amides is 1. The monoisotopic (exact) mass is 362 g/mol. The second-order valence-electron chi connectivity index (χ2n) is 6.96. The molecule has 0 spiro atoms. The molecule has 0 aliphatic carbocycles. The summed E-state index contributed by atoms with van der Waals surface area (Å²) < 4.78 is 5.45. The maximum Gasteiger partial charge on any atom is 0.241 e. The lowest BCUT2D eigenvalue weighted by molar-refractivity contribution is -0.120. The Bertz CT molecular complexity index is 952. The van der Waals surface area contributed by atoms with E-state index in [0.29, 0.717) is 6.54 Å². The molecule has 3 aromatic rings. The molecule has 3 aromatic carbocycles. The van der Waals surface area contributed by atoms with Gasteiger partial charge in [0.15, 0.2) is 0 Å². The summed E-state index contributed by atoms with van der Waals surface area (Å²) in [6.45, 7) is 4.61. The third kappa shape index (κ3) is 4.47. The van der Waals surface area contributed by atoms with Gasteiger partial charge in [0.1, 0.15) is 5.75 Å². The molecule has 0 saturated carbocycles. The number of benzene rings is 3. The minimum atomic E-state index is -0.276. The number of likely N-dealkylation sites (N-methyl/N-ethyl adjacent to an activating group) is 1. The first-order valence-electron chi connectivity index (χ1n) is 9.11. The Balaban J connectivity index is 1.69. The standard InChI is InChI=1S/C23H26N2O2/c1-16-9-12-22(27-4)20(13-16)15-25(3)17(2)23(26)24-21-11-10-18-7-5-6-8-19(18)14-21/h5-14,17H,15H2,1-4H3,(H,24,26)/t17-/m1/s1. The summed E-state index contributed by atoms with van der Waals surface area (Å²) in [5.41, 5.74) is 3.06. The van der Waals surface area contributed by atoms with Gasteiger partial charge < -0.3 is 10.1 Å². The molecule has 0 fully saturated rings. The Hall–Kier alpha value is -2.85. The van der Waals surface area contributed by atoms with Gasteiger partial charge in [0, 0.05) is 17.8 Å². The van der Waals surface area contributed by atoms with Crippen molar-refractivity contribution in [2.75, 3.05) is 19.5 Å². The molecule has 1 atom stereocenters. The van der Waals surface area contributed by atoms with Gasteiger partial charge in [0.05, 0.1) is 13.2 Å². The number of fused-ring (bicyclic) bond motifs is 1. The molecule has 1 amide bonds. The van der Waals surface area contributed by atoms with E-state index in [1.807, 2.05) is 67.4 Å². The number of hydrogen-bond acceptors (Lipinski definition) is 3. The van der Waals surface area contributed by atoms with Crippen molar-refractivity contribution in [3.63, 3.8) is 0 Å². The van der Waals surface area contributed by atoms with Crippen molar-refractivity contribution in [3.8, 4) is 5.75 Å². The second kappa shape index (κ2) is 8.23. The third-order valence-electron chi connectivity index (χ3n) is 4.91. The van der Waals surface area contributed by atoms with Crippen LogP contribution in [0, 0.1) is 6.92 Å². The summed E-state index contributed by atoms with van der Waals surface area (Å²) in [5, 5.41) is 5.30. The van der Waals surface area contributed by atoms with Crippen LogP contribution in [0.4, 0.5) is 5.69 Å². The Kier molecular flexibility index (Phi) is 5.77. The molecule has 4 nitrogen and oxygen atoms in total. The number of ether oxygens (including phenoxy) is 1. The van der Waals surface area contributed by atoms with Crippen molar-refractivity contribution in [1.82, 2.24) is 4.90 Å². The number of methoxy groups -OCH3 is 1. The van der Waals surface area contributed by atoms with E-state index in [2.05, 4.69) is 24.4 Å². The summed E-state index contributed by atoms with van der Waals surface area (Å²) in [7, 11) is 3.62. The van der Waals surface area contributed by atoms with Crippen LogP contribution in [0.5, 0.6) is 5.75 Å². The predicted octanol–water partition coefficient (Wildman–Crippen LogP) is 4.62. The summed E-state index contributed by atoms with van der Waals surface area (Å²) in [4.78, 5) is 14.7. The van der Waals surface area contributed by atoms with Crippen molar-refractivity contribution >= 4 is 22.4 Å². The molecule has 1 N–H and O–H groups in total.